The van der Waals surface area contributed by atoms with Gasteiger partial charge in [0.15, 0.2) is 17.2 Å². The summed E-state index contributed by atoms with van der Waals surface area (Å²) >= 11 is 1.50. The van der Waals surface area contributed by atoms with Crippen molar-refractivity contribution in [3.05, 3.63) is 30.1 Å². The van der Waals surface area contributed by atoms with Crippen molar-refractivity contribution < 1.29 is 24.2 Å². The first-order valence-electron chi connectivity index (χ1n) is 8.03. The first kappa shape index (κ1) is 16.7. The molecule has 0 radical (unpaired) electrons. The van der Waals surface area contributed by atoms with Gasteiger partial charge in [0.25, 0.3) is 5.91 Å². The van der Waals surface area contributed by atoms with Crippen molar-refractivity contribution in [1.29, 1.82) is 0 Å². The van der Waals surface area contributed by atoms with Crippen molar-refractivity contribution in [1.82, 2.24) is 20.3 Å². The van der Waals surface area contributed by atoms with Gasteiger partial charge in [-0.05, 0) is 24.3 Å². The molecule has 1 saturated heterocycles. The molecule has 1 amide bonds. The van der Waals surface area contributed by atoms with Gasteiger partial charge in [-0.15, -0.1) is 5.10 Å². The summed E-state index contributed by atoms with van der Waals surface area (Å²) in [4.78, 5) is 24.0. The van der Waals surface area contributed by atoms with Crippen LogP contribution in [0.5, 0.6) is 11.5 Å². The maximum atomic E-state index is 12.4. The van der Waals surface area contributed by atoms with Gasteiger partial charge in [0, 0.05) is 11.8 Å². The summed E-state index contributed by atoms with van der Waals surface area (Å²) in [6.07, 6.45) is 1.84. The molecule has 136 valence electrons. The Hall–Kier alpha value is -2.75. The van der Waals surface area contributed by atoms with E-state index in [1.54, 1.807) is 18.2 Å². The summed E-state index contributed by atoms with van der Waals surface area (Å²) in [5, 5.41) is 19.9. The van der Waals surface area contributed by atoms with Crippen LogP contribution in [0.25, 0.3) is 5.69 Å². The number of amides is 1. The molecule has 2 N–H and O–H groups in total. The van der Waals surface area contributed by atoms with Gasteiger partial charge in [0.2, 0.25) is 0 Å². The summed E-state index contributed by atoms with van der Waals surface area (Å²) in [7, 11) is 0. The van der Waals surface area contributed by atoms with Gasteiger partial charge in [-0.25, -0.2) is 9.48 Å². The third kappa shape index (κ3) is 2.96. The van der Waals surface area contributed by atoms with Crippen LogP contribution in [0.1, 0.15) is 16.9 Å². The zero-order chi connectivity index (χ0) is 18.1. The number of hydrogen-bond donors (Lipinski definition) is 2. The van der Waals surface area contributed by atoms with Crippen LogP contribution in [0, 0.1) is 0 Å². The smallest absolute Gasteiger partial charge is 0.330 e. The zero-order valence-electron chi connectivity index (χ0n) is 13.7. The normalized spacial score (nSPS) is 21.4. The van der Waals surface area contributed by atoms with Crippen molar-refractivity contribution in [2.24, 2.45) is 0 Å². The number of benzene rings is 1. The van der Waals surface area contributed by atoms with Crippen molar-refractivity contribution in [3.63, 3.8) is 0 Å². The van der Waals surface area contributed by atoms with Gasteiger partial charge >= 0.3 is 5.97 Å². The highest BCUT2D eigenvalue weighted by molar-refractivity contribution is 7.99. The summed E-state index contributed by atoms with van der Waals surface area (Å²) in [5.74, 6) is 0.693. The fourth-order valence-electron chi connectivity index (χ4n) is 2.84. The number of fused-ring (bicyclic) bond motifs is 1. The van der Waals surface area contributed by atoms with E-state index >= 15 is 0 Å². The molecular formula is C16H16N4O5S. The Labute approximate surface area is 152 Å². The van der Waals surface area contributed by atoms with Crippen LogP contribution in [0.2, 0.25) is 0 Å². The van der Waals surface area contributed by atoms with Crippen LogP contribution in [0.4, 0.5) is 0 Å². The molecule has 1 aromatic heterocycles. The number of carboxylic acid groups (broad SMARTS) is 1. The van der Waals surface area contributed by atoms with Crippen LogP contribution in [0.3, 0.4) is 0 Å². The van der Waals surface area contributed by atoms with Crippen LogP contribution in [0.15, 0.2) is 24.4 Å². The van der Waals surface area contributed by atoms with Crippen LogP contribution < -0.4 is 14.8 Å². The first-order valence-corrected chi connectivity index (χ1v) is 9.19. The number of aliphatic carboxylic acids is 1. The third-order valence-electron chi connectivity index (χ3n) is 4.30. The van der Waals surface area contributed by atoms with E-state index in [0.29, 0.717) is 48.3 Å². The molecule has 0 spiro atoms. The molecule has 3 heterocycles. The number of carboxylic acids is 1. The molecule has 2 aliphatic heterocycles. The van der Waals surface area contributed by atoms with Crippen LogP contribution in [-0.2, 0) is 4.79 Å². The number of carbonyl (C=O) groups excluding carboxylic acids is 1. The predicted molar refractivity (Wildman–Crippen MR) is 92.1 cm³/mol. The van der Waals surface area contributed by atoms with E-state index in [4.69, 9.17) is 9.47 Å². The number of nitrogens with zero attached hydrogens (tertiary/aromatic N) is 3. The maximum Gasteiger partial charge on any atom is 0.330 e. The second-order valence-corrected chi connectivity index (χ2v) is 7.13. The van der Waals surface area contributed by atoms with Gasteiger partial charge in [0.1, 0.15) is 18.8 Å². The van der Waals surface area contributed by atoms with Crippen molar-refractivity contribution in [2.75, 3.05) is 24.7 Å². The van der Waals surface area contributed by atoms with Gasteiger partial charge in [-0.3, -0.25) is 4.79 Å². The predicted octanol–water partition coefficient (Wildman–Crippen LogP) is 0.729. The Morgan fingerprint density at radius 1 is 1.27 bits per heavy atom. The van der Waals surface area contributed by atoms with Gasteiger partial charge in [0.05, 0.1) is 11.9 Å². The van der Waals surface area contributed by atoms with E-state index in [2.05, 4.69) is 15.6 Å². The molecule has 0 aliphatic carbocycles. The van der Waals surface area contributed by atoms with Gasteiger partial charge < -0.3 is 19.9 Å². The van der Waals surface area contributed by atoms with Crippen molar-refractivity contribution in [2.45, 2.75) is 12.0 Å². The minimum Gasteiger partial charge on any atom is -0.486 e. The molecule has 9 nitrogen and oxygen atoms in total. The highest BCUT2D eigenvalue weighted by Crippen LogP contribution is 2.32. The number of nitrogens with one attached hydrogen (secondary N) is 1. The van der Waals surface area contributed by atoms with Gasteiger partial charge in [-0.2, -0.15) is 11.8 Å². The molecule has 2 aliphatic rings. The lowest BCUT2D eigenvalue weighted by atomic mass is 9.99. The fourth-order valence-corrected chi connectivity index (χ4v) is 4.16. The average Bonchev–Trinajstić information content (AvgIpc) is 3.31. The molecule has 26 heavy (non-hydrogen) atoms. The Kier molecular flexibility index (Phi) is 4.19. The molecule has 1 aromatic carbocycles. The topological polar surface area (TPSA) is 116 Å². The molecular weight excluding hydrogens is 360 g/mol. The Morgan fingerprint density at radius 3 is 2.81 bits per heavy atom. The standard InChI is InChI=1S/C16H16N4O5S/c21-14(17-16(15(22)23)3-6-26-9-16)11-8-20(19-18-11)10-1-2-12-13(7-10)25-5-4-24-12/h1-2,7-8H,3-6,9H2,(H,17,21)(H,22,23). The van der Waals surface area contributed by atoms with Crippen LogP contribution >= 0.6 is 11.8 Å². The van der Waals surface area contributed by atoms with E-state index in [1.807, 2.05) is 0 Å². The second-order valence-electron chi connectivity index (χ2n) is 6.02. The van der Waals surface area contributed by atoms with Crippen molar-refractivity contribution in [3.8, 4) is 17.2 Å². The quantitative estimate of drug-likeness (QED) is 0.802. The number of aromatic nitrogens is 3. The second kappa shape index (κ2) is 6.52. The van der Waals surface area contributed by atoms with Gasteiger partial charge in [-0.1, -0.05) is 5.21 Å². The third-order valence-corrected chi connectivity index (χ3v) is 5.49. The van der Waals surface area contributed by atoms with E-state index in [-0.39, 0.29) is 5.69 Å². The summed E-state index contributed by atoms with van der Waals surface area (Å²) < 4.78 is 12.4. The Morgan fingerprint density at radius 2 is 2.08 bits per heavy atom. The largest absolute Gasteiger partial charge is 0.486 e. The average molecular weight is 376 g/mol. The lowest BCUT2D eigenvalue weighted by molar-refractivity contribution is -0.143. The number of ether oxygens (including phenoxy) is 2. The van der Waals surface area contributed by atoms with E-state index in [0.717, 1.165) is 0 Å². The van der Waals surface area contributed by atoms with E-state index in [9.17, 15) is 14.7 Å². The Balaban J connectivity index is 1.54. The molecule has 1 atom stereocenters. The minimum atomic E-state index is -1.25. The van der Waals surface area contributed by atoms with E-state index < -0.39 is 17.4 Å². The molecule has 10 heteroatoms. The summed E-state index contributed by atoms with van der Waals surface area (Å²) in [6, 6.07) is 5.29. The fraction of sp³-hybridized carbons (Fsp3) is 0.375. The summed E-state index contributed by atoms with van der Waals surface area (Å²) in [5.41, 5.74) is -0.537. The molecule has 1 fully saturated rings. The zero-order valence-corrected chi connectivity index (χ0v) is 14.5. The molecule has 0 saturated carbocycles. The number of carbonyl (C=O) groups is 2. The van der Waals surface area contributed by atoms with Crippen LogP contribution in [-0.4, -0.2) is 62.2 Å². The molecule has 2 aromatic rings. The minimum absolute atomic E-state index is 0.0532. The first-order chi connectivity index (χ1) is 12.6. The lowest BCUT2D eigenvalue weighted by Crippen LogP contribution is -2.54. The Bertz CT molecular complexity index is 862. The highest BCUT2D eigenvalue weighted by atomic mass is 32.2. The lowest BCUT2D eigenvalue weighted by Gasteiger charge is -2.23. The monoisotopic (exact) mass is 376 g/mol. The summed E-state index contributed by atoms with van der Waals surface area (Å²) in [6.45, 7) is 0.973. The SMILES string of the molecule is O=C(NC1(C(=O)O)CCSC1)c1cn(-c2ccc3c(c2)OCCO3)nn1. The number of thioether (sulfide) groups is 1. The maximum absolute atomic E-state index is 12.4. The number of hydrogen-bond acceptors (Lipinski definition) is 7. The molecule has 4 rings (SSSR count). The number of rotatable bonds is 4. The molecule has 1 unspecified atom stereocenters. The highest BCUT2D eigenvalue weighted by Gasteiger charge is 2.43. The van der Waals surface area contributed by atoms with Crippen molar-refractivity contribution >= 4 is 23.6 Å². The van der Waals surface area contributed by atoms with E-state index in [1.165, 1.54) is 22.6 Å². The molecule has 0 bridgehead atoms.